The first-order chi connectivity index (χ1) is 8.50. The van der Waals surface area contributed by atoms with E-state index in [1.54, 1.807) is 6.92 Å². The Balaban J connectivity index is 2.55. The molecule has 0 aliphatic carbocycles. The zero-order valence-electron chi connectivity index (χ0n) is 10.5. The summed E-state index contributed by atoms with van der Waals surface area (Å²) in [6.07, 6.45) is 0.111. The van der Waals surface area contributed by atoms with Crippen LogP contribution in [0.25, 0.3) is 0 Å². The zero-order valence-corrected chi connectivity index (χ0v) is 10.5. The number of amides is 1. The lowest BCUT2D eigenvalue weighted by Gasteiger charge is -2.26. The molecular formula is C13H20N2O3. The maximum Gasteiger partial charge on any atom is 0.222 e. The minimum absolute atomic E-state index is 0.111. The smallest absolute Gasteiger partial charge is 0.222 e. The summed E-state index contributed by atoms with van der Waals surface area (Å²) in [6, 6.07) is 8.92. The van der Waals surface area contributed by atoms with Crippen molar-refractivity contribution < 1.29 is 15.0 Å². The molecule has 1 atom stereocenters. The van der Waals surface area contributed by atoms with Gasteiger partial charge in [-0.2, -0.15) is 0 Å². The molecular weight excluding hydrogens is 232 g/mol. The molecule has 5 heteroatoms. The Labute approximate surface area is 107 Å². The van der Waals surface area contributed by atoms with Crippen LogP contribution in [0.15, 0.2) is 30.3 Å². The maximum absolute atomic E-state index is 11.7. The molecule has 0 saturated heterocycles. The highest BCUT2D eigenvalue weighted by Gasteiger charge is 2.25. The molecule has 0 aliphatic rings. The molecule has 0 radical (unpaired) electrons. The van der Waals surface area contributed by atoms with Crippen LogP contribution in [0.1, 0.15) is 24.9 Å². The molecule has 5 nitrogen and oxygen atoms in total. The lowest BCUT2D eigenvalue weighted by molar-refractivity contribution is -0.124. The molecule has 1 unspecified atom stereocenters. The van der Waals surface area contributed by atoms with Crippen LogP contribution >= 0.6 is 0 Å². The van der Waals surface area contributed by atoms with Crippen molar-refractivity contribution >= 4 is 5.91 Å². The lowest BCUT2D eigenvalue weighted by atomic mass is 10.0. The molecule has 0 bridgehead atoms. The quantitative estimate of drug-likeness (QED) is 0.570. The molecule has 18 heavy (non-hydrogen) atoms. The largest absolute Gasteiger partial charge is 0.394 e. The topological polar surface area (TPSA) is 95.6 Å². The molecule has 5 N–H and O–H groups in total. The highest BCUT2D eigenvalue weighted by Crippen LogP contribution is 2.13. The van der Waals surface area contributed by atoms with E-state index in [0.717, 1.165) is 5.56 Å². The first-order valence-electron chi connectivity index (χ1n) is 5.84. The van der Waals surface area contributed by atoms with E-state index in [9.17, 15) is 4.79 Å². The van der Waals surface area contributed by atoms with Crippen molar-refractivity contribution in [1.29, 1.82) is 0 Å². The van der Waals surface area contributed by atoms with Crippen LogP contribution in [0.5, 0.6) is 0 Å². The van der Waals surface area contributed by atoms with Gasteiger partial charge in [0.05, 0.1) is 18.8 Å². The van der Waals surface area contributed by atoms with Crippen LogP contribution in [-0.2, 0) is 4.79 Å². The van der Waals surface area contributed by atoms with Gasteiger partial charge in [0, 0.05) is 12.5 Å². The van der Waals surface area contributed by atoms with Crippen molar-refractivity contribution in [2.75, 3.05) is 13.2 Å². The van der Waals surface area contributed by atoms with E-state index in [-0.39, 0.29) is 25.5 Å². The second-order valence-electron chi connectivity index (χ2n) is 4.65. The Kier molecular flexibility index (Phi) is 5.27. The van der Waals surface area contributed by atoms with Crippen LogP contribution in [-0.4, -0.2) is 34.9 Å². The van der Waals surface area contributed by atoms with Crippen molar-refractivity contribution in [2.45, 2.75) is 24.9 Å². The van der Waals surface area contributed by atoms with Crippen molar-refractivity contribution in [1.82, 2.24) is 5.32 Å². The number of carbonyl (C=O) groups excluding carboxylic acids is 1. The Morgan fingerprint density at radius 2 is 1.89 bits per heavy atom. The highest BCUT2D eigenvalue weighted by atomic mass is 16.3. The van der Waals surface area contributed by atoms with Gasteiger partial charge in [0.15, 0.2) is 0 Å². The number of aliphatic hydroxyl groups excluding tert-OH is 2. The van der Waals surface area contributed by atoms with E-state index in [0.29, 0.717) is 0 Å². The third-order valence-corrected chi connectivity index (χ3v) is 2.77. The minimum Gasteiger partial charge on any atom is -0.394 e. The number of carbonyl (C=O) groups is 1. The minimum atomic E-state index is -1.01. The Morgan fingerprint density at radius 1 is 1.33 bits per heavy atom. The van der Waals surface area contributed by atoms with Crippen molar-refractivity contribution in [3.05, 3.63) is 35.9 Å². The van der Waals surface area contributed by atoms with Gasteiger partial charge in [-0.25, -0.2) is 0 Å². The van der Waals surface area contributed by atoms with E-state index < -0.39 is 11.6 Å². The molecule has 100 valence electrons. The summed E-state index contributed by atoms with van der Waals surface area (Å²) in [4.78, 5) is 11.7. The third-order valence-electron chi connectivity index (χ3n) is 2.77. The van der Waals surface area contributed by atoms with Crippen LogP contribution in [0.2, 0.25) is 0 Å². The fraction of sp³-hybridized carbons (Fsp3) is 0.462. The summed E-state index contributed by atoms with van der Waals surface area (Å²) in [5, 5.41) is 20.7. The molecule has 1 aromatic carbocycles. The average molecular weight is 252 g/mol. The van der Waals surface area contributed by atoms with Gasteiger partial charge in [0.25, 0.3) is 0 Å². The number of nitrogens with one attached hydrogen (secondary N) is 1. The Bertz CT molecular complexity index is 377. The second-order valence-corrected chi connectivity index (χ2v) is 4.65. The molecule has 1 aromatic rings. The van der Waals surface area contributed by atoms with Crippen molar-refractivity contribution in [3.8, 4) is 0 Å². The molecule has 0 fully saturated rings. The van der Waals surface area contributed by atoms with Crippen LogP contribution in [0.4, 0.5) is 0 Å². The molecule has 1 rings (SSSR count). The number of nitrogens with two attached hydrogens (primary N) is 1. The fourth-order valence-corrected chi connectivity index (χ4v) is 1.53. The predicted octanol–water partition coefficient (Wildman–Crippen LogP) is -0.0640. The van der Waals surface area contributed by atoms with Gasteiger partial charge in [-0.05, 0) is 12.5 Å². The second kappa shape index (κ2) is 6.49. The molecule has 0 spiro atoms. The van der Waals surface area contributed by atoms with E-state index >= 15 is 0 Å². The number of benzene rings is 1. The van der Waals surface area contributed by atoms with Gasteiger partial charge in [-0.3, -0.25) is 4.79 Å². The number of rotatable bonds is 6. The molecule has 0 aromatic heterocycles. The summed E-state index contributed by atoms with van der Waals surface area (Å²) >= 11 is 0. The SMILES string of the molecule is CC(CO)(CO)NC(=O)CC(N)c1ccccc1. The van der Waals surface area contributed by atoms with E-state index in [1.165, 1.54) is 0 Å². The summed E-state index contributed by atoms with van der Waals surface area (Å²) < 4.78 is 0. The first kappa shape index (κ1) is 14.6. The van der Waals surface area contributed by atoms with Gasteiger partial charge in [-0.15, -0.1) is 0 Å². The van der Waals surface area contributed by atoms with Crippen LogP contribution in [0.3, 0.4) is 0 Å². The standard InChI is InChI=1S/C13H20N2O3/c1-13(8-16,9-17)15-12(18)7-11(14)10-5-3-2-4-6-10/h2-6,11,16-17H,7-9,14H2,1H3,(H,15,18). The Morgan fingerprint density at radius 3 is 2.39 bits per heavy atom. The molecule has 1 amide bonds. The number of aliphatic hydroxyl groups is 2. The van der Waals surface area contributed by atoms with Gasteiger partial charge in [0.1, 0.15) is 0 Å². The summed E-state index contributed by atoms with van der Waals surface area (Å²) in [5.74, 6) is -0.294. The molecule has 0 aliphatic heterocycles. The van der Waals surface area contributed by atoms with E-state index in [4.69, 9.17) is 15.9 Å². The van der Waals surface area contributed by atoms with E-state index in [2.05, 4.69) is 5.32 Å². The van der Waals surface area contributed by atoms with Crippen LogP contribution in [0, 0.1) is 0 Å². The maximum atomic E-state index is 11.7. The van der Waals surface area contributed by atoms with E-state index in [1.807, 2.05) is 30.3 Å². The fourth-order valence-electron chi connectivity index (χ4n) is 1.53. The predicted molar refractivity (Wildman–Crippen MR) is 68.7 cm³/mol. The third kappa shape index (κ3) is 4.10. The van der Waals surface area contributed by atoms with Crippen molar-refractivity contribution in [2.24, 2.45) is 5.73 Å². The molecule has 0 saturated carbocycles. The number of hydrogen-bond acceptors (Lipinski definition) is 4. The summed E-state index contributed by atoms with van der Waals surface area (Å²) in [5.41, 5.74) is 5.78. The molecule has 0 heterocycles. The first-order valence-corrected chi connectivity index (χ1v) is 5.84. The Hall–Kier alpha value is -1.43. The monoisotopic (exact) mass is 252 g/mol. The normalized spacial score (nSPS) is 13.1. The van der Waals surface area contributed by atoms with Gasteiger partial charge >= 0.3 is 0 Å². The van der Waals surface area contributed by atoms with Gasteiger partial charge in [-0.1, -0.05) is 30.3 Å². The summed E-state index contributed by atoms with van der Waals surface area (Å²) in [7, 11) is 0. The number of hydrogen-bond donors (Lipinski definition) is 4. The zero-order chi connectivity index (χ0) is 13.6. The average Bonchev–Trinajstić information content (AvgIpc) is 2.39. The van der Waals surface area contributed by atoms with Gasteiger partial charge < -0.3 is 21.3 Å². The summed E-state index contributed by atoms with van der Waals surface area (Å²) in [6.45, 7) is 0.921. The highest BCUT2D eigenvalue weighted by molar-refractivity contribution is 5.77. The van der Waals surface area contributed by atoms with Crippen LogP contribution < -0.4 is 11.1 Å². The van der Waals surface area contributed by atoms with Gasteiger partial charge in [0.2, 0.25) is 5.91 Å². The van der Waals surface area contributed by atoms with Crippen molar-refractivity contribution in [3.63, 3.8) is 0 Å². The lowest BCUT2D eigenvalue weighted by Crippen LogP contribution is -2.52.